The molecule has 2 aliphatic rings. The molecule has 2 heterocycles. The highest BCUT2D eigenvalue weighted by Crippen LogP contribution is 2.34. The number of piperidine rings is 1. The summed E-state index contributed by atoms with van der Waals surface area (Å²) in [5.74, 6) is -1.75. The van der Waals surface area contributed by atoms with Gasteiger partial charge >= 0.3 is 18.4 Å². The van der Waals surface area contributed by atoms with E-state index in [0.29, 0.717) is 25.6 Å². The predicted octanol–water partition coefficient (Wildman–Crippen LogP) is 2.16. The Morgan fingerprint density at radius 1 is 1.23 bits per heavy atom. The maximum Gasteiger partial charge on any atom is 0.573 e. The van der Waals surface area contributed by atoms with E-state index in [2.05, 4.69) is 20.3 Å². The van der Waals surface area contributed by atoms with Crippen molar-refractivity contribution in [1.82, 2.24) is 20.4 Å². The molecule has 2 fully saturated rings. The molecule has 10 nitrogen and oxygen atoms in total. The van der Waals surface area contributed by atoms with Crippen LogP contribution in [-0.2, 0) is 13.2 Å². The highest BCUT2D eigenvalue weighted by molar-refractivity contribution is 5.75. The first-order valence-electron chi connectivity index (χ1n) is 11.1. The zero-order valence-corrected chi connectivity index (χ0v) is 18.5. The van der Waals surface area contributed by atoms with Gasteiger partial charge in [-0.05, 0) is 25.3 Å². The third-order valence-corrected chi connectivity index (χ3v) is 5.89. The number of aliphatic hydroxyl groups is 2. The van der Waals surface area contributed by atoms with Crippen molar-refractivity contribution < 1.29 is 41.7 Å². The third kappa shape index (κ3) is 6.31. The molecule has 1 saturated heterocycles. The second-order valence-electron chi connectivity index (χ2n) is 8.58. The zero-order chi connectivity index (χ0) is 25.2. The number of halogens is 4. The quantitative estimate of drug-likeness (QED) is 0.469. The number of amides is 2. The number of hydrogen-bond acceptors (Lipinski definition) is 8. The maximum absolute atomic E-state index is 14.3. The van der Waals surface area contributed by atoms with Gasteiger partial charge in [0.2, 0.25) is 5.89 Å². The van der Waals surface area contributed by atoms with E-state index in [-0.39, 0.29) is 48.6 Å². The van der Waals surface area contributed by atoms with Crippen molar-refractivity contribution in [3.05, 3.63) is 35.5 Å². The standard InChI is InChI=1S/C21H25F4N5O5/c22-17-6-16(35-21(23,24)25)4-1-13(17)7-26-19(33)30(14-2-3-14)15-5-12(10-31)8-29(9-15)20-28-27-18(11-32)34-20/h1,4,6,12,14-15,31-32H,2-3,5,7-11H2,(H,26,33)/t12-,15+/m0/s1. The van der Waals surface area contributed by atoms with E-state index in [9.17, 15) is 32.6 Å². The summed E-state index contributed by atoms with van der Waals surface area (Å²) in [5, 5.41) is 29.3. The monoisotopic (exact) mass is 503 g/mol. The molecule has 192 valence electrons. The van der Waals surface area contributed by atoms with Crippen LogP contribution in [0.4, 0.5) is 28.4 Å². The summed E-state index contributed by atoms with van der Waals surface area (Å²) in [7, 11) is 0. The average Bonchev–Trinajstić information content (AvgIpc) is 3.51. The molecule has 1 aliphatic heterocycles. The number of hydrogen-bond donors (Lipinski definition) is 3. The second kappa shape index (κ2) is 10.2. The van der Waals surface area contributed by atoms with Crippen LogP contribution in [-0.4, -0.2) is 69.5 Å². The average molecular weight is 503 g/mol. The van der Waals surface area contributed by atoms with Crippen molar-refractivity contribution in [2.75, 3.05) is 24.6 Å². The number of urea groups is 1. The lowest BCUT2D eigenvalue weighted by molar-refractivity contribution is -0.274. The van der Waals surface area contributed by atoms with Gasteiger partial charge in [-0.3, -0.25) is 0 Å². The molecule has 0 spiro atoms. The van der Waals surface area contributed by atoms with E-state index in [4.69, 9.17) is 4.42 Å². The number of carbonyl (C=O) groups is 1. The lowest BCUT2D eigenvalue weighted by Gasteiger charge is -2.41. The molecule has 1 aromatic carbocycles. The van der Waals surface area contributed by atoms with Gasteiger partial charge in [-0.1, -0.05) is 11.2 Å². The summed E-state index contributed by atoms with van der Waals surface area (Å²) in [5.41, 5.74) is 0.00418. The number of nitrogens with one attached hydrogen (secondary N) is 1. The normalized spacial score (nSPS) is 20.6. The van der Waals surface area contributed by atoms with Crippen LogP contribution in [0.25, 0.3) is 0 Å². The van der Waals surface area contributed by atoms with Crippen LogP contribution in [0.1, 0.15) is 30.7 Å². The Bertz CT molecular complexity index is 1030. The second-order valence-corrected chi connectivity index (χ2v) is 8.58. The molecule has 0 unspecified atom stereocenters. The lowest BCUT2D eigenvalue weighted by atomic mass is 9.94. The molecular weight excluding hydrogens is 478 g/mol. The fourth-order valence-electron chi connectivity index (χ4n) is 4.21. The van der Waals surface area contributed by atoms with Gasteiger partial charge in [0.05, 0.1) is 6.04 Å². The first-order chi connectivity index (χ1) is 16.7. The summed E-state index contributed by atoms with van der Waals surface area (Å²) >= 11 is 0. The Morgan fingerprint density at radius 3 is 2.60 bits per heavy atom. The number of ether oxygens (including phenoxy) is 1. The van der Waals surface area contributed by atoms with Crippen molar-refractivity contribution in [1.29, 1.82) is 0 Å². The third-order valence-electron chi connectivity index (χ3n) is 5.89. The molecule has 2 amide bonds. The topological polar surface area (TPSA) is 124 Å². The van der Waals surface area contributed by atoms with Crippen molar-refractivity contribution in [2.24, 2.45) is 5.92 Å². The number of carbonyl (C=O) groups excluding carboxylic acids is 1. The van der Waals surface area contributed by atoms with Crippen LogP contribution in [0.5, 0.6) is 5.75 Å². The smallest absolute Gasteiger partial charge is 0.406 e. The zero-order valence-electron chi connectivity index (χ0n) is 18.5. The fraction of sp³-hybridized carbons (Fsp3) is 0.571. The molecule has 2 aromatic rings. The Labute approximate surface area is 197 Å². The van der Waals surface area contributed by atoms with E-state index in [1.54, 1.807) is 9.80 Å². The fourth-order valence-corrected chi connectivity index (χ4v) is 4.21. The van der Waals surface area contributed by atoms with Gasteiger partial charge in [-0.2, -0.15) is 0 Å². The molecule has 1 aromatic heterocycles. The Balaban J connectivity index is 1.43. The number of alkyl halides is 3. The van der Waals surface area contributed by atoms with Crippen LogP contribution >= 0.6 is 0 Å². The van der Waals surface area contributed by atoms with E-state index in [1.165, 1.54) is 0 Å². The number of benzene rings is 1. The molecule has 0 radical (unpaired) electrons. The molecular formula is C21H25F4N5O5. The SMILES string of the molecule is O=C(NCc1ccc(OC(F)(F)F)cc1F)N(C1CC1)[C@@H]1C[C@H](CO)CN(c2nnc(CO)o2)C1. The molecule has 3 N–H and O–H groups in total. The summed E-state index contributed by atoms with van der Waals surface area (Å²) in [6, 6.07) is 2.10. The molecule has 0 bridgehead atoms. The van der Waals surface area contributed by atoms with Gasteiger partial charge in [-0.25, -0.2) is 9.18 Å². The van der Waals surface area contributed by atoms with E-state index < -0.39 is 30.6 Å². The highest BCUT2D eigenvalue weighted by Gasteiger charge is 2.42. The predicted molar refractivity (Wildman–Crippen MR) is 112 cm³/mol. The Hall–Kier alpha value is -3.13. The minimum absolute atomic E-state index is 0.00418. The summed E-state index contributed by atoms with van der Waals surface area (Å²) < 4.78 is 60.4. The van der Waals surface area contributed by atoms with Gasteiger partial charge in [0, 0.05) is 49.8 Å². The van der Waals surface area contributed by atoms with Gasteiger partial charge in [0.1, 0.15) is 18.2 Å². The molecule has 1 saturated carbocycles. The van der Waals surface area contributed by atoms with Gasteiger partial charge in [-0.15, -0.1) is 18.3 Å². The van der Waals surface area contributed by atoms with E-state index in [1.807, 2.05) is 0 Å². The van der Waals surface area contributed by atoms with Crippen LogP contribution in [0.2, 0.25) is 0 Å². The minimum atomic E-state index is -4.94. The Kier molecular flexibility index (Phi) is 7.31. The van der Waals surface area contributed by atoms with Gasteiger partial charge < -0.3 is 34.5 Å². The summed E-state index contributed by atoms with van der Waals surface area (Å²) in [4.78, 5) is 16.5. The van der Waals surface area contributed by atoms with Crippen molar-refractivity contribution in [2.45, 2.75) is 50.9 Å². The highest BCUT2D eigenvalue weighted by atomic mass is 19.4. The van der Waals surface area contributed by atoms with Crippen LogP contribution in [0, 0.1) is 11.7 Å². The van der Waals surface area contributed by atoms with Crippen molar-refractivity contribution in [3.8, 4) is 5.75 Å². The maximum atomic E-state index is 14.3. The van der Waals surface area contributed by atoms with E-state index in [0.717, 1.165) is 25.0 Å². The number of rotatable bonds is 8. The van der Waals surface area contributed by atoms with Gasteiger partial charge in [0.15, 0.2) is 0 Å². The molecule has 14 heteroatoms. The van der Waals surface area contributed by atoms with Gasteiger partial charge in [0.25, 0.3) is 0 Å². The number of aromatic nitrogens is 2. The largest absolute Gasteiger partial charge is 0.573 e. The van der Waals surface area contributed by atoms with Crippen molar-refractivity contribution >= 4 is 12.0 Å². The molecule has 1 aliphatic carbocycles. The van der Waals surface area contributed by atoms with Crippen LogP contribution in [0.15, 0.2) is 22.6 Å². The molecule has 2 atom stereocenters. The minimum Gasteiger partial charge on any atom is -0.406 e. The van der Waals surface area contributed by atoms with Crippen LogP contribution in [0.3, 0.4) is 0 Å². The Morgan fingerprint density at radius 2 is 2.00 bits per heavy atom. The van der Waals surface area contributed by atoms with E-state index >= 15 is 0 Å². The molecule has 35 heavy (non-hydrogen) atoms. The first-order valence-corrected chi connectivity index (χ1v) is 11.1. The lowest BCUT2D eigenvalue weighted by Crippen LogP contribution is -2.56. The number of anilines is 1. The first kappa shape index (κ1) is 25.0. The van der Waals surface area contributed by atoms with Crippen LogP contribution < -0.4 is 15.0 Å². The van der Waals surface area contributed by atoms with Crippen molar-refractivity contribution in [3.63, 3.8) is 0 Å². The number of aliphatic hydroxyl groups excluding tert-OH is 2. The number of nitrogens with zero attached hydrogens (tertiary/aromatic N) is 4. The molecule has 4 rings (SSSR count). The summed E-state index contributed by atoms with van der Waals surface area (Å²) in [6.07, 6.45) is -2.83. The summed E-state index contributed by atoms with van der Waals surface area (Å²) in [6.45, 7) is 0.0163.